The highest BCUT2D eigenvalue weighted by molar-refractivity contribution is 9.10. The Hall–Kier alpha value is -1.49. The highest BCUT2D eigenvalue weighted by Crippen LogP contribution is 2.37. The molecule has 0 fully saturated rings. The molecule has 0 bridgehead atoms. The van der Waals surface area contributed by atoms with Crippen molar-refractivity contribution in [1.82, 2.24) is 9.88 Å². The normalized spacial score (nSPS) is 15.1. The number of H-pyrrole nitrogens is 1. The van der Waals surface area contributed by atoms with Crippen LogP contribution in [0.2, 0.25) is 0 Å². The van der Waals surface area contributed by atoms with Crippen LogP contribution in [-0.2, 0) is 0 Å². The minimum absolute atomic E-state index is 1.08. The maximum absolute atomic E-state index is 3.66. The van der Waals surface area contributed by atoms with Crippen LogP contribution in [0.3, 0.4) is 0 Å². The van der Waals surface area contributed by atoms with Gasteiger partial charge in [0.05, 0.1) is 0 Å². The van der Waals surface area contributed by atoms with Crippen LogP contribution in [0.5, 0.6) is 0 Å². The first kappa shape index (κ1) is 19.8. The highest BCUT2D eigenvalue weighted by atomic mass is 79.9. The first-order valence-corrected chi connectivity index (χ1v) is 11.8. The lowest BCUT2D eigenvalue weighted by Crippen LogP contribution is -2.29. The Morgan fingerprint density at radius 2 is 2.04 bits per heavy atom. The van der Waals surface area contributed by atoms with Gasteiger partial charge in [0.1, 0.15) is 0 Å². The van der Waals surface area contributed by atoms with E-state index >= 15 is 0 Å². The van der Waals surface area contributed by atoms with Gasteiger partial charge in [0.15, 0.2) is 0 Å². The smallest absolute Gasteiger partial charge is 0.0461 e. The van der Waals surface area contributed by atoms with Crippen molar-refractivity contribution in [2.75, 3.05) is 19.6 Å². The molecule has 0 saturated carbocycles. The second-order valence-corrected chi connectivity index (χ2v) is 9.40. The van der Waals surface area contributed by atoms with Crippen molar-refractivity contribution in [2.24, 2.45) is 0 Å². The maximum atomic E-state index is 3.66. The number of aromatic amines is 1. The molecule has 4 heteroatoms. The Morgan fingerprint density at radius 1 is 1.14 bits per heavy atom. The molecule has 2 aromatic carbocycles. The molecule has 1 aromatic heterocycles. The first-order chi connectivity index (χ1) is 13.7. The van der Waals surface area contributed by atoms with E-state index in [0.29, 0.717) is 0 Å². The van der Waals surface area contributed by atoms with Crippen LogP contribution in [0.25, 0.3) is 16.5 Å². The topological polar surface area (TPSA) is 19.0 Å². The standard InChI is InChI=1S/C24H27BrN2S/c1-2-3-6-13-27-14-11-18(12-15-27)21-17-26-23-10-9-19(16-20(21)23)28-24-8-5-4-7-22(24)25/h4-5,7-11,16-17,26H,2-3,6,12-15H2,1H3. The van der Waals surface area contributed by atoms with Crippen molar-refractivity contribution in [2.45, 2.75) is 42.4 Å². The maximum Gasteiger partial charge on any atom is 0.0461 e. The largest absolute Gasteiger partial charge is 0.361 e. The van der Waals surface area contributed by atoms with Gasteiger partial charge in [-0.15, -0.1) is 0 Å². The number of rotatable bonds is 7. The Labute approximate surface area is 180 Å². The molecule has 2 nitrogen and oxygen atoms in total. The number of benzene rings is 2. The van der Waals surface area contributed by atoms with Gasteiger partial charge in [-0.1, -0.05) is 49.7 Å². The van der Waals surface area contributed by atoms with E-state index in [1.807, 2.05) is 11.8 Å². The number of nitrogens with zero attached hydrogens (tertiary/aromatic N) is 1. The second-order valence-electron chi connectivity index (χ2n) is 7.43. The Kier molecular flexibility index (Phi) is 6.61. The van der Waals surface area contributed by atoms with Crippen molar-refractivity contribution >= 4 is 44.2 Å². The zero-order valence-electron chi connectivity index (χ0n) is 16.4. The quantitative estimate of drug-likeness (QED) is 0.375. The Bertz CT molecular complexity index is 976. The van der Waals surface area contributed by atoms with Crippen LogP contribution in [0.4, 0.5) is 0 Å². The monoisotopic (exact) mass is 454 g/mol. The molecule has 0 atom stereocenters. The Morgan fingerprint density at radius 3 is 2.82 bits per heavy atom. The minimum Gasteiger partial charge on any atom is -0.361 e. The van der Waals surface area contributed by atoms with E-state index in [2.05, 4.69) is 87.5 Å². The minimum atomic E-state index is 1.08. The summed E-state index contributed by atoms with van der Waals surface area (Å²) < 4.78 is 1.15. The summed E-state index contributed by atoms with van der Waals surface area (Å²) in [7, 11) is 0. The van der Waals surface area contributed by atoms with E-state index in [-0.39, 0.29) is 0 Å². The summed E-state index contributed by atoms with van der Waals surface area (Å²) in [5.74, 6) is 0. The number of fused-ring (bicyclic) bond motifs is 1. The van der Waals surface area contributed by atoms with Crippen molar-refractivity contribution < 1.29 is 0 Å². The summed E-state index contributed by atoms with van der Waals surface area (Å²) in [6.07, 6.45) is 9.72. The molecule has 0 spiro atoms. The van der Waals surface area contributed by atoms with Gasteiger partial charge in [-0.2, -0.15) is 0 Å². The molecule has 1 aliphatic heterocycles. The average Bonchev–Trinajstić information content (AvgIpc) is 3.14. The number of aromatic nitrogens is 1. The Balaban J connectivity index is 1.53. The molecule has 0 unspecified atom stereocenters. The molecule has 1 N–H and O–H groups in total. The zero-order chi connectivity index (χ0) is 19.3. The molecule has 0 radical (unpaired) electrons. The van der Waals surface area contributed by atoms with Crippen LogP contribution in [0, 0.1) is 0 Å². The van der Waals surface area contributed by atoms with Crippen molar-refractivity contribution in [3.05, 3.63) is 64.8 Å². The third kappa shape index (κ3) is 4.56. The first-order valence-electron chi connectivity index (χ1n) is 10.2. The number of hydrogen-bond donors (Lipinski definition) is 1. The predicted octanol–water partition coefficient (Wildman–Crippen LogP) is 7.36. The van der Waals surface area contributed by atoms with Crippen LogP contribution < -0.4 is 0 Å². The highest BCUT2D eigenvalue weighted by Gasteiger charge is 2.16. The van der Waals surface area contributed by atoms with Crippen molar-refractivity contribution in [3.63, 3.8) is 0 Å². The molecule has 2 heterocycles. The molecule has 3 aromatic rings. The SMILES string of the molecule is CCCCCN1CC=C(c2c[nH]c3ccc(Sc4ccccc4Br)cc23)CC1. The fourth-order valence-corrected chi connectivity index (χ4v) is 5.23. The van der Waals surface area contributed by atoms with Gasteiger partial charge >= 0.3 is 0 Å². The third-order valence-electron chi connectivity index (χ3n) is 5.43. The molecule has 4 rings (SSSR count). The molecule has 0 amide bonds. The van der Waals surface area contributed by atoms with Gasteiger partial charge in [-0.25, -0.2) is 0 Å². The average molecular weight is 455 g/mol. The van der Waals surface area contributed by atoms with Crippen LogP contribution in [-0.4, -0.2) is 29.5 Å². The molecular weight excluding hydrogens is 428 g/mol. The van der Waals surface area contributed by atoms with E-state index in [0.717, 1.165) is 17.4 Å². The zero-order valence-corrected chi connectivity index (χ0v) is 18.8. The van der Waals surface area contributed by atoms with Gasteiger partial charge in [0, 0.05) is 50.0 Å². The number of unbranched alkanes of at least 4 members (excludes halogenated alkanes) is 2. The van der Waals surface area contributed by atoms with E-state index in [9.17, 15) is 0 Å². The lowest BCUT2D eigenvalue weighted by molar-refractivity contribution is 0.295. The third-order valence-corrected chi connectivity index (χ3v) is 7.45. The van der Waals surface area contributed by atoms with Gasteiger partial charge in [0.2, 0.25) is 0 Å². The number of nitrogens with one attached hydrogen (secondary N) is 1. The summed E-state index contributed by atoms with van der Waals surface area (Å²) in [4.78, 5) is 8.58. The summed E-state index contributed by atoms with van der Waals surface area (Å²) in [5.41, 5.74) is 4.08. The lowest BCUT2D eigenvalue weighted by atomic mass is 9.99. The van der Waals surface area contributed by atoms with E-state index in [1.54, 1.807) is 0 Å². The summed E-state index contributed by atoms with van der Waals surface area (Å²) >= 11 is 5.47. The van der Waals surface area contributed by atoms with Crippen LogP contribution in [0.1, 0.15) is 38.2 Å². The van der Waals surface area contributed by atoms with E-state index in [1.165, 1.54) is 64.2 Å². The molecule has 28 heavy (non-hydrogen) atoms. The molecule has 146 valence electrons. The molecular formula is C24H27BrN2S. The van der Waals surface area contributed by atoms with E-state index in [4.69, 9.17) is 0 Å². The van der Waals surface area contributed by atoms with Crippen molar-refractivity contribution in [1.29, 1.82) is 0 Å². The fourth-order valence-electron chi connectivity index (χ4n) is 3.83. The predicted molar refractivity (Wildman–Crippen MR) is 125 cm³/mol. The fraction of sp³-hybridized carbons (Fsp3) is 0.333. The summed E-state index contributed by atoms with van der Waals surface area (Å²) in [6.45, 7) is 5.76. The van der Waals surface area contributed by atoms with Crippen LogP contribution >= 0.6 is 27.7 Å². The van der Waals surface area contributed by atoms with Gasteiger partial charge in [-0.05, 0) is 71.2 Å². The van der Waals surface area contributed by atoms with Gasteiger partial charge in [-0.3, -0.25) is 4.90 Å². The summed E-state index contributed by atoms with van der Waals surface area (Å²) in [5, 5.41) is 1.34. The van der Waals surface area contributed by atoms with Gasteiger partial charge in [0.25, 0.3) is 0 Å². The number of hydrogen-bond acceptors (Lipinski definition) is 2. The van der Waals surface area contributed by atoms with Crippen molar-refractivity contribution in [3.8, 4) is 0 Å². The molecule has 0 saturated heterocycles. The number of halogens is 1. The molecule has 1 aliphatic rings. The lowest BCUT2D eigenvalue weighted by Gasteiger charge is -2.26. The van der Waals surface area contributed by atoms with Crippen LogP contribution in [0.15, 0.2) is 69.0 Å². The second kappa shape index (κ2) is 9.34. The van der Waals surface area contributed by atoms with Gasteiger partial charge < -0.3 is 4.98 Å². The van der Waals surface area contributed by atoms with E-state index < -0.39 is 0 Å². The summed E-state index contributed by atoms with van der Waals surface area (Å²) in [6, 6.07) is 15.2. The molecule has 0 aliphatic carbocycles.